The number of nitrogens with zero attached hydrogens (tertiary/aromatic N) is 12. The van der Waals surface area contributed by atoms with E-state index >= 15 is 0 Å². The van der Waals surface area contributed by atoms with Crippen LogP contribution in [0, 0.1) is 51.0 Å². The van der Waals surface area contributed by atoms with Gasteiger partial charge in [0.2, 0.25) is 11.8 Å². The van der Waals surface area contributed by atoms with Crippen LogP contribution in [0.2, 0.25) is 0 Å². The number of carbonyl (C=O) groups excluding carboxylic acids is 6. The molecule has 10 aromatic rings. The predicted molar refractivity (Wildman–Crippen MR) is 472 cm³/mol. The molecule has 4 saturated carbocycles. The van der Waals surface area contributed by atoms with Gasteiger partial charge in [0.15, 0.2) is 24.1 Å². The highest BCUT2D eigenvalue weighted by atomic mass is 35.5. The van der Waals surface area contributed by atoms with Gasteiger partial charge in [-0.3, -0.25) is 39.1 Å². The monoisotopic (exact) mass is 1810 g/mol. The zero-order chi connectivity index (χ0) is 92.3. The normalized spacial score (nSPS) is 21.8. The van der Waals surface area contributed by atoms with Crippen molar-refractivity contribution in [2.75, 3.05) is 13.2 Å². The van der Waals surface area contributed by atoms with Gasteiger partial charge in [-0.1, -0.05) is 0 Å². The molecule has 4 aromatic carbocycles. The molecule has 692 valence electrons. The molecule has 16 rings (SSSR count). The molecular formula is C90H113ClF4N20O14. The maximum atomic E-state index is 14.5. The number of aliphatic hydroxyl groups excluding tert-OH is 4. The van der Waals surface area contributed by atoms with Crippen LogP contribution in [-0.2, 0) is 58.1 Å². The molecule has 0 spiro atoms. The summed E-state index contributed by atoms with van der Waals surface area (Å²) in [5.74, 6) is -0.826. The van der Waals surface area contributed by atoms with Crippen molar-refractivity contribution in [2.45, 2.75) is 269 Å². The van der Waals surface area contributed by atoms with Gasteiger partial charge in [0.25, 0.3) is 0 Å². The lowest BCUT2D eigenvalue weighted by molar-refractivity contribution is -0.122. The number of hydrogen-bond donors (Lipinski definition) is 12. The number of aryl methyl sites for hydroxylation is 4. The molecule has 14 N–H and O–H groups in total. The summed E-state index contributed by atoms with van der Waals surface area (Å²) in [6.07, 6.45) is 16.0. The van der Waals surface area contributed by atoms with Gasteiger partial charge in [0.1, 0.15) is 70.3 Å². The number of halogens is 5. The largest absolute Gasteiger partial charge is 0.468 e. The van der Waals surface area contributed by atoms with Crippen LogP contribution in [0.1, 0.15) is 196 Å². The molecule has 12 atom stereocenters. The fourth-order valence-electron chi connectivity index (χ4n) is 15.3. The van der Waals surface area contributed by atoms with E-state index < -0.39 is 53.6 Å². The minimum Gasteiger partial charge on any atom is -0.468 e. The molecular weight excluding hydrogens is 1700 g/mol. The van der Waals surface area contributed by atoms with Gasteiger partial charge in [0, 0.05) is 116 Å². The first-order valence-electron chi connectivity index (χ1n) is 42.6. The molecule has 129 heavy (non-hydrogen) atoms. The van der Waals surface area contributed by atoms with Gasteiger partial charge < -0.3 is 82.7 Å². The summed E-state index contributed by atoms with van der Waals surface area (Å²) in [6, 6.07) is 11.2. The van der Waals surface area contributed by atoms with Gasteiger partial charge in [-0.25, -0.2) is 67.0 Å². The molecule has 2 aliphatic heterocycles. The fourth-order valence-corrected chi connectivity index (χ4v) is 15.3. The Balaban J connectivity index is 0.000000166. The summed E-state index contributed by atoms with van der Waals surface area (Å²) in [5, 5.41) is 59.7. The summed E-state index contributed by atoms with van der Waals surface area (Å²) in [4.78, 5) is 118. The van der Waals surface area contributed by atoms with Gasteiger partial charge in [0.05, 0.1) is 122 Å². The van der Waals surface area contributed by atoms with Crippen LogP contribution < -0.4 is 52.8 Å². The standard InChI is InChI=1S/C24H27FN6O3.C21H29FN4O3.C16H21FN4O.C11H22N2O3.C10H7FN2O.C8H6N2O3.ClH/c1-13-8-27-20-5-3-18(25)17(23(20)30-13)11-28-19-4-2-14(6-22(19)33)26-9-15-10-29-24-21(31-15)7-16(32)12-34-24;1-12-10-23-17-8-6-15(22)14(19(17)25-12)11-24-16-7-5-13(9-18(16)27)26-20(28)29-21(2,3)4;1-9-7-19-14-5-3-12(17)11(16(14)21-9)8-20-13-4-2-10(18)6-15(13)22;1-11(2,3)16-10(15)13-7-4-5-8(12)9(14)6-7;1-6-4-12-9-3-2-8(11)7(5-14)10(9)13-6;11-3-5-2-9-8-7(10-5)1-6(12)4-13-8;/h3,5,8,10,14,19,22,26,28,33H,2,4,6-7,9,11-12H2,1H3;6,8,10,13,16,18,24,27H,5,7,9,11H2,1-4H3,(H,26,28);3,5,7,10,13,15,20,22H,2,4,6,8,18H2,1H3;7-9,14H,4-6,12H2,1-3H3,(H,13,15);2-5H,1H3;2-3H,1,4H2;1H/t14-,19-,22+;13-,16-,18+;10-,13-,15+;7-,8-,9+;;;/m0000.../s1. The Morgan fingerprint density at radius 1 is 0.450 bits per heavy atom. The van der Waals surface area contributed by atoms with E-state index in [4.69, 9.17) is 30.4 Å². The minimum atomic E-state index is -0.658. The SMILES string of the molecule is CC(C)(C)OC(=O)N[C@H]1CC[C@H](N)[C@H](O)C1.Cc1cnc2ccc(F)c(C=O)c2n1.Cc1cnc2ccc(F)c(CN[C@H]3CC[C@H](N)C[C@H]3O)c2n1.Cc1cnc2ccc(F)c(CN[C@H]3CC[C@H](NC(=O)OC(C)(C)C)C[C@H]3O)c2n1.Cc1cnc2ccc(F)c(CN[C@H]3CC[C@H](NCc4cnc5c(n4)CC(=O)CO5)C[C@H]3O)c2n1.Cl.O=Cc1cnc2c(n1)CC(=O)CO2. The summed E-state index contributed by atoms with van der Waals surface area (Å²) < 4.78 is 77.0. The van der Waals surface area contributed by atoms with E-state index in [0.29, 0.717) is 154 Å². The molecule has 0 bridgehead atoms. The summed E-state index contributed by atoms with van der Waals surface area (Å²) in [5.41, 5.74) is 21.2. The number of hydrogen-bond acceptors (Lipinski definition) is 32. The van der Waals surface area contributed by atoms with Crippen LogP contribution in [0.15, 0.2) is 85.7 Å². The van der Waals surface area contributed by atoms with Gasteiger partial charge in [-0.15, -0.1) is 12.4 Å². The fraction of sp³-hybridized carbons (Fsp3) is 0.489. The third-order valence-electron chi connectivity index (χ3n) is 21.9. The number of rotatable bonds is 16. The highest BCUT2D eigenvalue weighted by molar-refractivity contribution is 5.94. The summed E-state index contributed by atoms with van der Waals surface area (Å²) >= 11 is 0. The van der Waals surface area contributed by atoms with E-state index in [2.05, 4.69) is 91.7 Å². The summed E-state index contributed by atoms with van der Waals surface area (Å²) in [6.45, 7) is 19.5. The Bertz CT molecular complexity index is 5570. The van der Waals surface area contributed by atoms with Crippen LogP contribution in [0.3, 0.4) is 0 Å². The van der Waals surface area contributed by atoms with Crippen LogP contribution >= 0.6 is 12.4 Å². The number of ether oxygens (including phenoxy) is 4. The van der Waals surface area contributed by atoms with E-state index in [1.54, 1.807) is 76.9 Å². The first kappa shape index (κ1) is 100.0. The van der Waals surface area contributed by atoms with Crippen LogP contribution in [0.25, 0.3) is 44.1 Å². The van der Waals surface area contributed by atoms with E-state index in [1.807, 2.05) is 41.5 Å². The number of carbonyl (C=O) groups is 6. The number of Topliss-reactive ketones (excluding diaryl/α,β-unsaturated/α-hetero) is 2. The third-order valence-corrected chi connectivity index (χ3v) is 21.9. The lowest BCUT2D eigenvalue weighted by Crippen LogP contribution is -2.50. The number of amides is 2. The van der Waals surface area contributed by atoms with Crippen molar-refractivity contribution in [2.24, 2.45) is 11.5 Å². The zero-order valence-corrected chi connectivity index (χ0v) is 74.4. The van der Waals surface area contributed by atoms with E-state index in [1.165, 1.54) is 36.5 Å². The molecule has 6 aliphatic rings. The predicted octanol–water partition coefficient (Wildman–Crippen LogP) is 8.77. The number of ketones is 2. The van der Waals surface area contributed by atoms with Gasteiger partial charge in [-0.05, 0) is 195 Å². The first-order chi connectivity index (χ1) is 60.9. The number of aromatic nitrogens is 12. The molecule has 39 heteroatoms. The Hall–Kier alpha value is -11.2. The second-order valence-electron chi connectivity index (χ2n) is 34.6. The Morgan fingerprint density at radius 3 is 1.25 bits per heavy atom. The van der Waals surface area contributed by atoms with Crippen molar-refractivity contribution in [1.29, 1.82) is 0 Å². The minimum absolute atomic E-state index is 0. The van der Waals surface area contributed by atoms with Crippen LogP contribution in [-0.4, -0.2) is 214 Å². The lowest BCUT2D eigenvalue weighted by atomic mass is 9.88. The second-order valence-corrected chi connectivity index (χ2v) is 34.6. The molecule has 0 saturated heterocycles. The maximum Gasteiger partial charge on any atom is 0.407 e. The molecule has 8 heterocycles. The quantitative estimate of drug-likeness (QED) is 0.0317. The van der Waals surface area contributed by atoms with Crippen molar-refractivity contribution in [3.05, 3.63) is 177 Å². The lowest BCUT2D eigenvalue weighted by Gasteiger charge is -2.34. The molecule has 6 aromatic heterocycles. The van der Waals surface area contributed by atoms with E-state index in [-0.39, 0.29) is 140 Å². The molecule has 34 nitrogen and oxygen atoms in total. The Labute approximate surface area is 749 Å². The number of nitrogens with two attached hydrogens (primary N) is 2. The van der Waals surface area contributed by atoms with Crippen molar-refractivity contribution in [1.82, 2.24) is 91.7 Å². The molecule has 2 amide bonds. The van der Waals surface area contributed by atoms with Crippen molar-refractivity contribution < 1.29 is 85.7 Å². The highest BCUT2D eigenvalue weighted by Gasteiger charge is 2.35. The van der Waals surface area contributed by atoms with Gasteiger partial charge in [-0.2, -0.15) is 0 Å². The molecule has 4 aliphatic carbocycles. The van der Waals surface area contributed by atoms with E-state index in [9.17, 15) is 66.8 Å². The number of aliphatic hydroxyl groups is 4. The molecule has 0 radical (unpaired) electrons. The third kappa shape index (κ3) is 28.9. The smallest absolute Gasteiger partial charge is 0.407 e. The second kappa shape index (κ2) is 45.9. The first-order valence-corrected chi connectivity index (χ1v) is 42.6. The number of fused-ring (bicyclic) bond motifs is 6. The molecule has 4 fully saturated rings. The van der Waals surface area contributed by atoms with Crippen LogP contribution in [0.4, 0.5) is 27.2 Å². The zero-order valence-electron chi connectivity index (χ0n) is 73.6. The van der Waals surface area contributed by atoms with Crippen molar-refractivity contribution in [3.63, 3.8) is 0 Å². The van der Waals surface area contributed by atoms with Crippen LogP contribution in [0.5, 0.6) is 11.8 Å². The number of aldehydes is 2. The number of nitrogens with one attached hydrogen (secondary N) is 6. The Kier molecular flexibility index (Phi) is 35.6. The Morgan fingerprint density at radius 2 is 0.829 bits per heavy atom. The van der Waals surface area contributed by atoms with E-state index in [0.717, 1.165) is 61.3 Å². The topological polar surface area (TPSA) is 499 Å². The number of benzene rings is 4. The number of alkyl carbamates (subject to hydrolysis) is 2. The van der Waals surface area contributed by atoms with Crippen molar-refractivity contribution in [3.8, 4) is 11.8 Å². The average molecular weight is 1810 g/mol. The molecule has 0 unspecified atom stereocenters. The van der Waals surface area contributed by atoms with Crippen molar-refractivity contribution >= 4 is 92.9 Å². The highest BCUT2D eigenvalue weighted by Crippen LogP contribution is 2.30. The average Bonchev–Trinajstić information content (AvgIpc) is 0.811. The van der Waals surface area contributed by atoms with Gasteiger partial charge >= 0.3 is 12.2 Å². The summed E-state index contributed by atoms with van der Waals surface area (Å²) in [7, 11) is 0. The maximum absolute atomic E-state index is 14.5.